The predicted octanol–water partition coefficient (Wildman–Crippen LogP) is -1.72. The van der Waals surface area contributed by atoms with Gasteiger partial charge in [0.25, 0.3) is 0 Å². The first-order chi connectivity index (χ1) is 7.52. The zero-order chi connectivity index (χ0) is 12.3. The lowest BCUT2D eigenvalue weighted by Gasteiger charge is -2.17. The highest BCUT2D eigenvalue weighted by atomic mass is 35.5. The van der Waals surface area contributed by atoms with Crippen LogP contribution in [0.25, 0.3) is 0 Å². The molecule has 0 aromatic carbocycles. The molecule has 2 atom stereocenters. The molecule has 17 heavy (non-hydrogen) atoms. The van der Waals surface area contributed by atoms with Crippen LogP contribution in [0.3, 0.4) is 0 Å². The van der Waals surface area contributed by atoms with Crippen LogP contribution < -0.4 is 17.0 Å². The van der Waals surface area contributed by atoms with Crippen molar-refractivity contribution in [3.8, 4) is 11.5 Å². The van der Waals surface area contributed by atoms with E-state index in [9.17, 15) is 15.3 Å². The molecule has 1 aromatic rings. The summed E-state index contributed by atoms with van der Waals surface area (Å²) in [5, 5.41) is 28.4. The first-order valence-corrected chi connectivity index (χ1v) is 5.56. The van der Waals surface area contributed by atoms with E-state index in [1.54, 1.807) is 13.1 Å². The third kappa shape index (κ3) is 3.23. The average molecular weight is 262 g/mol. The maximum absolute atomic E-state index is 9.63. The van der Waals surface area contributed by atoms with E-state index in [0.717, 1.165) is 6.42 Å². The molecule has 0 aliphatic carbocycles. The average Bonchev–Trinajstić information content (AvgIpc) is 2.29. The monoisotopic (exact) mass is 261 g/mol. The maximum atomic E-state index is 9.63. The minimum atomic E-state index is -0.130. The first kappa shape index (κ1) is 16.0. The molecule has 0 amide bonds. The number of rotatable bonds is 4. The van der Waals surface area contributed by atoms with Crippen LogP contribution >= 0.6 is 0 Å². The summed E-state index contributed by atoms with van der Waals surface area (Å²) in [7, 11) is 0. The van der Waals surface area contributed by atoms with E-state index in [2.05, 4.69) is 13.8 Å². The Morgan fingerprint density at radius 3 is 2.41 bits per heavy atom. The van der Waals surface area contributed by atoms with Gasteiger partial charge in [-0.05, 0) is 6.42 Å². The number of aliphatic hydroxyl groups excluding tert-OH is 1. The fraction of sp³-hybridized carbons (Fsp3) is 0.583. The molecule has 3 N–H and O–H groups in total. The Labute approximate surface area is 108 Å². The minimum Gasteiger partial charge on any atom is -1.00 e. The number of aromatic nitrogens is 1. The number of hydrogen-bond acceptors (Lipinski definition) is 3. The second-order valence-electron chi connectivity index (χ2n) is 4.18. The molecule has 0 radical (unpaired) electrons. The van der Waals surface area contributed by atoms with Gasteiger partial charge < -0.3 is 27.7 Å². The smallest absolute Gasteiger partial charge is 0.226 e. The van der Waals surface area contributed by atoms with Crippen LogP contribution in [0, 0.1) is 12.8 Å². The van der Waals surface area contributed by atoms with Crippen LogP contribution in [-0.2, 0) is 0 Å². The number of aliphatic hydroxyl groups is 1. The lowest BCUT2D eigenvalue weighted by Crippen LogP contribution is -3.00. The molecule has 0 fully saturated rings. The lowest BCUT2D eigenvalue weighted by molar-refractivity contribution is -0.737. The van der Waals surface area contributed by atoms with Crippen molar-refractivity contribution in [2.75, 3.05) is 6.61 Å². The van der Waals surface area contributed by atoms with Gasteiger partial charge in [0.2, 0.25) is 11.4 Å². The van der Waals surface area contributed by atoms with Crippen molar-refractivity contribution in [1.29, 1.82) is 0 Å². The summed E-state index contributed by atoms with van der Waals surface area (Å²) in [4.78, 5) is 0. The number of pyridine rings is 1. The summed E-state index contributed by atoms with van der Waals surface area (Å²) < 4.78 is 1.81. The Balaban J connectivity index is 0.00000256. The summed E-state index contributed by atoms with van der Waals surface area (Å²) in [6.45, 7) is 5.85. The molecule has 0 unspecified atom stereocenters. The van der Waals surface area contributed by atoms with Crippen molar-refractivity contribution in [1.82, 2.24) is 0 Å². The number of nitrogens with zero attached hydrogens (tertiary/aromatic N) is 1. The van der Waals surface area contributed by atoms with E-state index in [4.69, 9.17) is 0 Å². The number of halogens is 1. The fourth-order valence-corrected chi connectivity index (χ4v) is 1.82. The van der Waals surface area contributed by atoms with Crippen LogP contribution in [0.2, 0.25) is 0 Å². The molecule has 4 nitrogen and oxygen atoms in total. The van der Waals surface area contributed by atoms with Crippen molar-refractivity contribution < 1.29 is 32.3 Å². The molecule has 1 heterocycles. The molecule has 0 aliphatic heterocycles. The van der Waals surface area contributed by atoms with E-state index in [1.165, 1.54) is 6.07 Å². The van der Waals surface area contributed by atoms with Gasteiger partial charge in [-0.15, -0.1) is 0 Å². The van der Waals surface area contributed by atoms with Crippen molar-refractivity contribution >= 4 is 0 Å². The van der Waals surface area contributed by atoms with Gasteiger partial charge in [0.15, 0.2) is 18.0 Å². The minimum absolute atomic E-state index is 0. The lowest BCUT2D eigenvalue weighted by atomic mass is 9.99. The molecule has 5 heteroatoms. The predicted molar refractivity (Wildman–Crippen MR) is 60.3 cm³/mol. The van der Waals surface area contributed by atoms with Crippen molar-refractivity contribution in [2.45, 2.75) is 33.2 Å². The third-order valence-corrected chi connectivity index (χ3v) is 3.21. The van der Waals surface area contributed by atoms with E-state index in [1.807, 2.05) is 4.57 Å². The highest BCUT2D eigenvalue weighted by Gasteiger charge is 2.28. The van der Waals surface area contributed by atoms with Gasteiger partial charge in [0, 0.05) is 18.9 Å². The molecule has 0 bridgehead atoms. The van der Waals surface area contributed by atoms with Gasteiger partial charge in [0.1, 0.15) is 6.61 Å². The zero-order valence-electron chi connectivity index (χ0n) is 10.4. The molecule has 0 aliphatic rings. The summed E-state index contributed by atoms with van der Waals surface area (Å²) in [5.74, 6) is 0.0523. The van der Waals surface area contributed by atoms with E-state index in [-0.39, 0.29) is 36.6 Å². The molecule has 0 saturated heterocycles. The van der Waals surface area contributed by atoms with Gasteiger partial charge in [-0.1, -0.05) is 13.8 Å². The molecule has 0 spiro atoms. The molecule has 1 aromatic heterocycles. The Kier molecular flexibility index (Phi) is 6.27. The van der Waals surface area contributed by atoms with Crippen molar-refractivity contribution in [2.24, 2.45) is 5.92 Å². The molecular weight excluding hydrogens is 242 g/mol. The SMILES string of the molecule is CC[C@H](C)[C@@H](CO)[n+]1ccc(O)c(O)c1C.[Cl-]. The third-order valence-electron chi connectivity index (χ3n) is 3.21. The Morgan fingerprint density at radius 2 is 1.94 bits per heavy atom. The Morgan fingerprint density at radius 1 is 1.35 bits per heavy atom. The van der Waals surface area contributed by atoms with E-state index in [0.29, 0.717) is 11.6 Å². The first-order valence-electron chi connectivity index (χ1n) is 5.56. The number of hydrogen-bond donors (Lipinski definition) is 3. The highest BCUT2D eigenvalue weighted by Crippen LogP contribution is 2.26. The topological polar surface area (TPSA) is 64.6 Å². The van der Waals surface area contributed by atoms with E-state index >= 15 is 0 Å². The summed E-state index contributed by atoms with van der Waals surface area (Å²) in [6, 6.07) is 1.37. The number of aromatic hydroxyl groups is 2. The van der Waals surface area contributed by atoms with Gasteiger partial charge in [-0.2, -0.15) is 4.57 Å². The van der Waals surface area contributed by atoms with E-state index < -0.39 is 0 Å². The van der Waals surface area contributed by atoms with Crippen molar-refractivity contribution in [3.05, 3.63) is 18.0 Å². The van der Waals surface area contributed by atoms with Crippen LogP contribution in [0.1, 0.15) is 32.0 Å². The standard InChI is InChI=1S/C12H19NO3.ClH/c1-4-8(2)10(7-14)13-6-5-11(15)12(16)9(13)3;/h5-6,8,10,14,16H,4,7H2,1-3H3;1H/t8-,10+;/m0./s1. The molecule has 1 rings (SSSR count). The van der Waals surface area contributed by atoms with Crippen LogP contribution in [-0.4, -0.2) is 21.9 Å². The second kappa shape index (κ2) is 6.67. The van der Waals surface area contributed by atoms with Gasteiger partial charge in [0.05, 0.1) is 0 Å². The highest BCUT2D eigenvalue weighted by molar-refractivity contribution is 5.36. The Bertz CT molecular complexity index is 371. The summed E-state index contributed by atoms with van der Waals surface area (Å²) in [6.07, 6.45) is 2.64. The van der Waals surface area contributed by atoms with Gasteiger partial charge in [-0.3, -0.25) is 0 Å². The summed E-state index contributed by atoms with van der Waals surface area (Å²) in [5.41, 5.74) is 0.569. The summed E-state index contributed by atoms with van der Waals surface area (Å²) >= 11 is 0. The maximum Gasteiger partial charge on any atom is 0.226 e. The quantitative estimate of drug-likeness (QED) is 0.565. The second-order valence-corrected chi connectivity index (χ2v) is 4.18. The van der Waals surface area contributed by atoms with Crippen molar-refractivity contribution in [3.63, 3.8) is 0 Å². The Hall–Kier alpha value is -1.00. The van der Waals surface area contributed by atoms with Gasteiger partial charge >= 0.3 is 0 Å². The molecule has 98 valence electrons. The normalized spacial score (nSPS) is 13.9. The van der Waals surface area contributed by atoms with Gasteiger partial charge in [-0.25, -0.2) is 0 Å². The van der Waals surface area contributed by atoms with Crippen LogP contribution in [0.15, 0.2) is 12.3 Å². The largest absolute Gasteiger partial charge is 1.00 e. The van der Waals surface area contributed by atoms with Crippen LogP contribution in [0.4, 0.5) is 0 Å². The zero-order valence-corrected chi connectivity index (χ0v) is 11.1. The fourth-order valence-electron chi connectivity index (χ4n) is 1.82. The molecule has 0 saturated carbocycles. The van der Waals surface area contributed by atoms with Crippen LogP contribution in [0.5, 0.6) is 11.5 Å². The molecular formula is C12H20ClNO3.